The molecule has 1 heterocycles. The fraction of sp³-hybridized carbons (Fsp3) is 0.500. The molecule has 0 aliphatic carbocycles. The van der Waals surface area contributed by atoms with Gasteiger partial charge in [-0.25, -0.2) is 0 Å². The summed E-state index contributed by atoms with van der Waals surface area (Å²) in [7, 11) is 0. The molecule has 0 saturated heterocycles. The molecule has 0 spiro atoms. The zero-order chi connectivity index (χ0) is 9.68. The third-order valence-electron chi connectivity index (χ3n) is 1.72. The maximum Gasteiger partial charge on any atom is 0.248 e. The molecular formula is C10H16N2O. The van der Waals surface area contributed by atoms with Crippen molar-refractivity contribution in [1.82, 2.24) is 10.3 Å². The van der Waals surface area contributed by atoms with E-state index in [-0.39, 0.29) is 5.56 Å². The van der Waals surface area contributed by atoms with Crippen LogP contribution >= 0.6 is 0 Å². The van der Waals surface area contributed by atoms with Gasteiger partial charge in [0.05, 0.1) is 0 Å². The average Bonchev–Trinajstić information content (AvgIpc) is 2.03. The molecule has 0 radical (unpaired) electrons. The summed E-state index contributed by atoms with van der Waals surface area (Å²) < 4.78 is 0. The van der Waals surface area contributed by atoms with Gasteiger partial charge in [-0.15, -0.1) is 0 Å². The van der Waals surface area contributed by atoms with Crippen LogP contribution < -0.4 is 10.9 Å². The first kappa shape index (κ1) is 9.99. The van der Waals surface area contributed by atoms with Gasteiger partial charge in [-0.05, 0) is 24.1 Å². The Balaban J connectivity index is 2.41. The second-order valence-corrected chi connectivity index (χ2v) is 3.59. The lowest BCUT2D eigenvalue weighted by atomic mass is 10.2. The van der Waals surface area contributed by atoms with E-state index in [4.69, 9.17) is 0 Å². The quantitative estimate of drug-likeness (QED) is 0.729. The molecule has 0 saturated carbocycles. The molecule has 1 aromatic heterocycles. The molecule has 3 nitrogen and oxygen atoms in total. The average molecular weight is 180 g/mol. The summed E-state index contributed by atoms with van der Waals surface area (Å²) in [5, 5.41) is 3.28. The van der Waals surface area contributed by atoms with Gasteiger partial charge in [0.25, 0.3) is 0 Å². The predicted octanol–water partition coefficient (Wildman–Crippen LogP) is 1.12. The number of H-pyrrole nitrogens is 1. The lowest BCUT2D eigenvalue weighted by Gasteiger charge is -2.06. The van der Waals surface area contributed by atoms with Crippen LogP contribution in [0.15, 0.2) is 23.1 Å². The molecule has 2 N–H and O–H groups in total. The molecule has 0 aromatic carbocycles. The summed E-state index contributed by atoms with van der Waals surface area (Å²) in [6.07, 6.45) is 1.68. The molecule has 0 unspecified atom stereocenters. The fourth-order valence-electron chi connectivity index (χ4n) is 1.10. The fourth-order valence-corrected chi connectivity index (χ4v) is 1.10. The van der Waals surface area contributed by atoms with E-state index in [9.17, 15) is 4.79 Å². The molecule has 0 amide bonds. The van der Waals surface area contributed by atoms with E-state index >= 15 is 0 Å². The van der Waals surface area contributed by atoms with Crippen molar-refractivity contribution in [3.63, 3.8) is 0 Å². The van der Waals surface area contributed by atoms with Crippen molar-refractivity contribution in [3.8, 4) is 0 Å². The SMILES string of the molecule is CC(C)CNCc1cc[nH]c(=O)c1. The number of rotatable bonds is 4. The molecule has 0 bridgehead atoms. The van der Waals surface area contributed by atoms with Crippen molar-refractivity contribution in [1.29, 1.82) is 0 Å². The third kappa shape index (κ3) is 3.90. The number of pyridine rings is 1. The highest BCUT2D eigenvalue weighted by molar-refractivity contribution is 5.09. The maximum atomic E-state index is 10.9. The molecule has 1 aromatic rings. The highest BCUT2D eigenvalue weighted by Crippen LogP contribution is 1.93. The van der Waals surface area contributed by atoms with Gasteiger partial charge >= 0.3 is 0 Å². The molecule has 0 aliphatic heterocycles. The molecule has 0 atom stereocenters. The lowest BCUT2D eigenvalue weighted by molar-refractivity contribution is 0.552. The molecule has 0 aliphatic rings. The zero-order valence-electron chi connectivity index (χ0n) is 8.13. The van der Waals surface area contributed by atoms with Crippen LogP contribution in [0.3, 0.4) is 0 Å². The second-order valence-electron chi connectivity index (χ2n) is 3.59. The number of nitrogens with one attached hydrogen (secondary N) is 2. The van der Waals surface area contributed by atoms with Crippen LogP contribution in [-0.4, -0.2) is 11.5 Å². The number of hydrogen-bond donors (Lipinski definition) is 2. The van der Waals surface area contributed by atoms with Gasteiger partial charge in [0.2, 0.25) is 5.56 Å². The van der Waals surface area contributed by atoms with Crippen LogP contribution in [0.25, 0.3) is 0 Å². The zero-order valence-corrected chi connectivity index (χ0v) is 8.13. The minimum absolute atomic E-state index is 0.0381. The Morgan fingerprint density at radius 3 is 2.92 bits per heavy atom. The van der Waals surface area contributed by atoms with Gasteiger partial charge < -0.3 is 10.3 Å². The smallest absolute Gasteiger partial charge is 0.248 e. The topological polar surface area (TPSA) is 44.9 Å². The molecule has 0 fully saturated rings. The van der Waals surface area contributed by atoms with Crippen LogP contribution in [0, 0.1) is 5.92 Å². The van der Waals surface area contributed by atoms with Crippen molar-refractivity contribution in [3.05, 3.63) is 34.2 Å². The van der Waals surface area contributed by atoms with Gasteiger partial charge in [-0.3, -0.25) is 4.79 Å². The highest BCUT2D eigenvalue weighted by Gasteiger charge is 1.94. The summed E-state index contributed by atoms with van der Waals surface area (Å²) >= 11 is 0. The maximum absolute atomic E-state index is 10.9. The van der Waals surface area contributed by atoms with E-state index in [1.807, 2.05) is 6.07 Å². The molecule has 3 heteroatoms. The Labute approximate surface area is 78.2 Å². The Kier molecular flexibility index (Phi) is 3.71. The first-order valence-electron chi connectivity index (χ1n) is 4.57. The third-order valence-corrected chi connectivity index (χ3v) is 1.72. The summed E-state index contributed by atoms with van der Waals surface area (Å²) in [5.41, 5.74) is 0.994. The summed E-state index contributed by atoms with van der Waals surface area (Å²) in [4.78, 5) is 13.5. The second kappa shape index (κ2) is 4.82. The van der Waals surface area contributed by atoms with Gasteiger partial charge in [0, 0.05) is 18.8 Å². The van der Waals surface area contributed by atoms with Crippen LogP contribution in [-0.2, 0) is 6.54 Å². The van der Waals surface area contributed by atoms with Crippen LogP contribution in [0.2, 0.25) is 0 Å². The van der Waals surface area contributed by atoms with Crippen molar-refractivity contribution in [2.75, 3.05) is 6.54 Å². The van der Waals surface area contributed by atoms with E-state index < -0.39 is 0 Å². The summed E-state index contributed by atoms with van der Waals surface area (Å²) in [6.45, 7) is 6.06. The highest BCUT2D eigenvalue weighted by atomic mass is 16.1. The standard InChI is InChI=1S/C10H16N2O/c1-8(2)6-11-7-9-3-4-12-10(13)5-9/h3-5,8,11H,6-7H2,1-2H3,(H,12,13). The summed E-state index contributed by atoms with van der Waals surface area (Å²) in [5.74, 6) is 0.641. The Morgan fingerprint density at radius 1 is 1.54 bits per heavy atom. The largest absolute Gasteiger partial charge is 0.329 e. The van der Waals surface area contributed by atoms with Crippen molar-refractivity contribution >= 4 is 0 Å². The van der Waals surface area contributed by atoms with Gasteiger partial charge in [-0.1, -0.05) is 13.8 Å². The first-order valence-corrected chi connectivity index (χ1v) is 4.57. The van der Waals surface area contributed by atoms with Crippen molar-refractivity contribution < 1.29 is 0 Å². The molecule has 72 valence electrons. The van der Waals surface area contributed by atoms with Gasteiger partial charge in [0.1, 0.15) is 0 Å². The van der Waals surface area contributed by atoms with Crippen LogP contribution in [0.5, 0.6) is 0 Å². The van der Waals surface area contributed by atoms with Gasteiger partial charge in [-0.2, -0.15) is 0 Å². The van der Waals surface area contributed by atoms with E-state index in [0.29, 0.717) is 5.92 Å². The number of aromatic nitrogens is 1. The van der Waals surface area contributed by atoms with E-state index in [2.05, 4.69) is 24.1 Å². The monoisotopic (exact) mass is 180 g/mol. The Bertz CT molecular complexity index is 304. The van der Waals surface area contributed by atoms with Crippen LogP contribution in [0.1, 0.15) is 19.4 Å². The molecule has 13 heavy (non-hydrogen) atoms. The predicted molar refractivity (Wildman–Crippen MR) is 53.6 cm³/mol. The van der Waals surface area contributed by atoms with E-state index in [1.165, 1.54) is 0 Å². The van der Waals surface area contributed by atoms with Crippen molar-refractivity contribution in [2.45, 2.75) is 20.4 Å². The Hall–Kier alpha value is -1.09. The van der Waals surface area contributed by atoms with Gasteiger partial charge in [0.15, 0.2) is 0 Å². The van der Waals surface area contributed by atoms with Crippen molar-refractivity contribution in [2.24, 2.45) is 5.92 Å². The lowest BCUT2D eigenvalue weighted by Crippen LogP contribution is -2.20. The molecule has 1 rings (SSSR count). The number of aromatic amines is 1. The molecular weight excluding hydrogens is 164 g/mol. The van der Waals surface area contributed by atoms with E-state index in [0.717, 1.165) is 18.7 Å². The normalized spacial score (nSPS) is 10.7. The van der Waals surface area contributed by atoms with Crippen LogP contribution in [0.4, 0.5) is 0 Å². The number of hydrogen-bond acceptors (Lipinski definition) is 2. The Morgan fingerprint density at radius 2 is 2.31 bits per heavy atom. The summed E-state index contributed by atoms with van der Waals surface area (Å²) in [6, 6.07) is 3.53. The minimum atomic E-state index is -0.0381. The minimum Gasteiger partial charge on any atom is -0.329 e. The first-order chi connectivity index (χ1) is 6.18. The van der Waals surface area contributed by atoms with E-state index in [1.54, 1.807) is 12.3 Å².